The monoisotopic (exact) mass is 210 g/mol. The number of nitrogens with zero attached hydrogens (tertiary/aromatic N) is 2. The minimum absolute atomic E-state index is 0.145. The summed E-state index contributed by atoms with van der Waals surface area (Å²) < 4.78 is 0.822. The van der Waals surface area contributed by atoms with E-state index < -0.39 is 0 Å². The first-order chi connectivity index (χ1) is 7.21. The fraction of sp³-hybridized carbons (Fsp3) is 0.750. The van der Waals surface area contributed by atoms with E-state index in [0.717, 1.165) is 24.1 Å². The molecule has 0 amide bonds. The van der Waals surface area contributed by atoms with Crippen molar-refractivity contribution in [3.63, 3.8) is 0 Å². The van der Waals surface area contributed by atoms with E-state index in [2.05, 4.69) is 31.0 Å². The highest BCUT2D eigenvalue weighted by atomic mass is 15.4. The zero-order chi connectivity index (χ0) is 11.1. The van der Waals surface area contributed by atoms with Gasteiger partial charge < -0.3 is 0 Å². The van der Waals surface area contributed by atoms with Crippen LogP contribution in [0.1, 0.15) is 33.1 Å². The largest absolute Gasteiger partial charge is 0.281 e. The second-order valence-electron chi connectivity index (χ2n) is 4.39. The van der Waals surface area contributed by atoms with E-state index in [1.807, 2.05) is 6.34 Å². The third-order valence-electron chi connectivity index (χ3n) is 3.10. The van der Waals surface area contributed by atoms with Crippen molar-refractivity contribution >= 4 is 6.34 Å². The van der Waals surface area contributed by atoms with E-state index in [1.54, 1.807) is 0 Å². The normalized spacial score (nSPS) is 27.7. The summed E-state index contributed by atoms with van der Waals surface area (Å²) in [6.07, 6.45) is 10.4. The number of allylic oxidation sites excluding steroid dienone is 1. The molecular formula is C12H24N3+. The first-order valence-electron chi connectivity index (χ1n) is 5.99. The molecule has 0 fully saturated rings. The van der Waals surface area contributed by atoms with Crippen LogP contribution in [0.2, 0.25) is 0 Å². The van der Waals surface area contributed by atoms with Crippen LogP contribution in [-0.2, 0) is 0 Å². The highest BCUT2D eigenvalue weighted by molar-refractivity contribution is 5.48. The van der Waals surface area contributed by atoms with Gasteiger partial charge in [0.05, 0.1) is 6.54 Å². The Bertz CT molecular complexity index is 233. The number of nitrogens with two attached hydrogens (primary N) is 1. The van der Waals surface area contributed by atoms with E-state index in [1.165, 1.54) is 19.3 Å². The lowest BCUT2D eigenvalue weighted by Gasteiger charge is -2.32. The van der Waals surface area contributed by atoms with Gasteiger partial charge in [-0.25, -0.2) is 4.99 Å². The van der Waals surface area contributed by atoms with Gasteiger partial charge in [-0.05, 0) is 12.5 Å². The van der Waals surface area contributed by atoms with E-state index in [0.29, 0.717) is 0 Å². The minimum Gasteiger partial charge on any atom is -0.281 e. The summed E-state index contributed by atoms with van der Waals surface area (Å²) >= 11 is 0. The fourth-order valence-corrected chi connectivity index (χ4v) is 1.85. The van der Waals surface area contributed by atoms with Crippen molar-refractivity contribution in [1.29, 1.82) is 0 Å². The Morgan fingerprint density at radius 2 is 2.33 bits per heavy atom. The van der Waals surface area contributed by atoms with E-state index in [9.17, 15) is 0 Å². The predicted molar refractivity (Wildman–Crippen MR) is 65.7 cm³/mol. The van der Waals surface area contributed by atoms with Gasteiger partial charge in [0.15, 0.2) is 6.34 Å². The summed E-state index contributed by atoms with van der Waals surface area (Å²) in [4.78, 5) is 4.31. The Balaban J connectivity index is 2.39. The molecule has 0 spiro atoms. The summed E-state index contributed by atoms with van der Waals surface area (Å²) in [6, 6.07) is 0. The first-order valence-corrected chi connectivity index (χ1v) is 5.99. The van der Waals surface area contributed by atoms with Crippen LogP contribution in [0.15, 0.2) is 17.1 Å². The summed E-state index contributed by atoms with van der Waals surface area (Å²) in [5.74, 6) is 0. The zero-order valence-electron chi connectivity index (χ0n) is 10.0. The number of hydrogen-bond acceptors (Lipinski definition) is 2. The highest BCUT2D eigenvalue weighted by Gasteiger charge is 2.31. The van der Waals surface area contributed by atoms with Crippen molar-refractivity contribution in [2.75, 3.05) is 19.6 Å². The third kappa shape index (κ3) is 3.43. The van der Waals surface area contributed by atoms with Crippen molar-refractivity contribution < 1.29 is 4.48 Å². The van der Waals surface area contributed by atoms with Crippen LogP contribution in [0.5, 0.6) is 0 Å². The second-order valence-corrected chi connectivity index (χ2v) is 4.39. The van der Waals surface area contributed by atoms with Gasteiger partial charge in [-0.1, -0.05) is 25.8 Å². The quantitative estimate of drug-likeness (QED) is 0.406. The third-order valence-corrected chi connectivity index (χ3v) is 3.10. The van der Waals surface area contributed by atoms with Gasteiger partial charge in [0, 0.05) is 6.92 Å². The maximum absolute atomic E-state index is 6.02. The van der Waals surface area contributed by atoms with E-state index in [-0.39, 0.29) is 6.17 Å². The molecule has 2 atom stereocenters. The Kier molecular flexibility index (Phi) is 4.99. The Morgan fingerprint density at radius 3 is 2.87 bits per heavy atom. The highest BCUT2D eigenvalue weighted by Crippen LogP contribution is 2.12. The van der Waals surface area contributed by atoms with Crippen molar-refractivity contribution in [2.45, 2.75) is 39.3 Å². The molecule has 1 aliphatic rings. The van der Waals surface area contributed by atoms with Gasteiger partial charge in [-0.15, -0.1) is 0 Å². The summed E-state index contributed by atoms with van der Waals surface area (Å²) in [5, 5.41) is 0. The molecule has 2 unspecified atom stereocenters. The van der Waals surface area contributed by atoms with Crippen LogP contribution in [0, 0.1) is 0 Å². The molecule has 0 saturated heterocycles. The minimum atomic E-state index is 0.145. The summed E-state index contributed by atoms with van der Waals surface area (Å²) in [5.41, 5.74) is 6.02. The number of hydrogen-bond donors (Lipinski definition) is 1. The Labute approximate surface area is 93.3 Å². The van der Waals surface area contributed by atoms with E-state index in [4.69, 9.17) is 5.73 Å². The van der Waals surface area contributed by atoms with Crippen molar-refractivity contribution in [3.8, 4) is 0 Å². The molecule has 0 aromatic heterocycles. The lowest BCUT2D eigenvalue weighted by atomic mass is 10.2. The molecular weight excluding hydrogens is 186 g/mol. The van der Waals surface area contributed by atoms with Crippen LogP contribution in [0.4, 0.5) is 0 Å². The van der Waals surface area contributed by atoms with Crippen LogP contribution < -0.4 is 5.73 Å². The van der Waals surface area contributed by atoms with Gasteiger partial charge in [0.2, 0.25) is 0 Å². The smallest absolute Gasteiger partial charge is 0.187 e. The molecule has 0 aromatic rings. The molecule has 2 N–H and O–H groups in total. The maximum Gasteiger partial charge on any atom is 0.187 e. The average molecular weight is 210 g/mol. The van der Waals surface area contributed by atoms with Crippen LogP contribution in [0.25, 0.3) is 0 Å². The molecule has 1 rings (SSSR count). The lowest BCUT2D eigenvalue weighted by Crippen LogP contribution is -2.56. The molecule has 0 saturated carbocycles. The van der Waals surface area contributed by atoms with Gasteiger partial charge in [0.25, 0.3) is 0 Å². The average Bonchev–Trinajstić information content (AvgIpc) is 2.67. The number of quaternary nitrogens is 1. The molecule has 3 heteroatoms. The van der Waals surface area contributed by atoms with Crippen LogP contribution >= 0.6 is 0 Å². The fourth-order valence-electron chi connectivity index (χ4n) is 1.85. The van der Waals surface area contributed by atoms with Crippen LogP contribution in [-0.4, -0.2) is 36.6 Å². The molecule has 0 radical (unpaired) electrons. The first kappa shape index (κ1) is 12.4. The summed E-state index contributed by atoms with van der Waals surface area (Å²) in [7, 11) is 0. The van der Waals surface area contributed by atoms with Gasteiger partial charge in [-0.3, -0.25) is 10.2 Å². The second kappa shape index (κ2) is 6.03. The Morgan fingerprint density at radius 1 is 1.53 bits per heavy atom. The van der Waals surface area contributed by atoms with Gasteiger partial charge in [0.1, 0.15) is 19.3 Å². The lowest BCUT2D eigenvalue weighted by molar-refractivity contribution is -0.846. The molecule has 1 aliphatic heterocycles. The SMILES string of the molecule is CCCCC=CC[N+]1(C(C)N)C=NCC1. The molecule has 1 heterocycles. The maximum atomic E-state index is 6.02. The zero-order valence-corrected chi connectivity index (χ0v) is 10.0. The number of unbranched alkanes of at least 4 members (excludes halogenated alkanes) is 2. The van der Waals surface area contributed by atoms with Crippen molar-refractivity contribution in [1.82, 2.24) is 0 Å². The molecule has 86 valence electrons. The van der Waals surface area contributed by atoms with Gasteiger partial charge >= 0.3 is 0 Å². The number of rotatable bonds is 6. The van der Waals surface area contributed by atoms with E-state index >= 15 is 0 Å². The molecule has 0 bridgehead atoms. The van der Waals surface area contributed by atoms with Gasteiger partial charge in [-0.2, -0.15) is 0 Å². The Hall–Kier alpha value is -0.670. The van der Waals surface area contributed by atoms with Crippen molar-refractivity contribution in [3.05, 3.63) is 12.2 Å². The number of aliphatic imine (C=N–C) groups is 1. The topological polar surface area (TPSA) is 38.4 Å². The summed E-state index contributed by atoms with van der Waals surface area (Å²) in [6.45, 7) is 7.25. The molecule has 0 aliphatic carbocycles. The van der Waals surface area contributed by atoms with Crippen molar-refractivity contribution in [2.24, 2.45) is 10.7 Å². The molecule has 15 heavy (non-hydrogen) atoms. The van der Waals surface area contributed by atoms with Crippen LogP contribution in [0.3, 0.4) is 0 Å². The molecule has 0 aromatic carbocycles. The molecule has 3 nitrogen and oxygen atoms in total. The standard InChI is InChI=1S/C12H24N3/c1-3-4-5-6-7-9-15(12(2)13)10-8-14-11-15/h6-7,11-12H,3-5,8-10,13H2,1-2H3/q+1. The predicted octanol–water partition coefficient (Wildman–Crippen LogP) is 1.90.